The monoisotopic (exact) mass is 422 g/mol. The first-order valence-corrected chi connectivity index (χ1v) is 10.9. The number of nitrogens with zero attached hydrogens (tertiary/aromatic N) is 4. The van der Waals surface area contributed by atoms with Crippen LogP contribution in [-0.4, -0.2) is 70.1 Å². The van der Waals surface area contributed by atoms with Crippen LogP contribution < -0.4 is 10.4 Å². The molecule has 0 aliphatic carbocycles. The van der Waals surface area contributed by atoms with Crippen molar-refractivity contribution in [2.45, 2.75) is 77.7 Å². The van der Waals surface area contributed by atoms with Gasteiger partial charge < -0.3 is 19.1 Å². The summed E-state index contributed by atoms with van der Waals surface area (Å²) in [6.45, 7) is 13.8. The van der Waals surface area contributed by atoms with Crippen molar-refractivity contribution in [2.24, 2.45) is 0 Å². The number of carbonyl (C=O) groups excluding carboxylic acids is 1. The number of rotatable bonds is 5. The van der Waals surface area contributed by atoms with E-state index in [1.165, 1.54) is 0 Å². The average Bonchev–Trinajstić information content (AvgIpc) is 2.89. The average molecular weight is 423 g/mol. The first kappa shape index (κ1) is 22.3. The summed E-state index contributed by atoms with van der Waals surface area (Å²) in [5, 5.41) is 0. The van der Waals surface area contributed by atoms with Crippen LogP contribution in [-0.2, 0) is 14.1 Å². The van der Waals surface area contributed by atoms with E-state index in [0.29, 0.717) is 19.0 Å². The number of aromatic nitrogens is 2. The van der Waals surface area contributed by atoms with Crippen LogP contribution in [0.5, 0.6) is 0 Å². The lowest BCUT2D eigenvalue weighted by molar-refractivity contribution is -0.129. The van der Waals surface area contributed by atoms with Crippen molar-refractivity contribution < 1.29 is 14.1 Å². The third-order valence-corrected chi connectivity index (χ3v) is 6.52. The van der Waals surface area contributed by atoms with Crippen LogP contribution in [0.15, 0.2) is 12.4 Å². The molecule has 2 aliphatic rings. The number of halogens is 1. The van der Waals surface area contributed by atoms with Gasteiger partial charge in [-0.05, 0) is 54.4 Å². The summed E-state index contributed by atoms with van der Waals surface area (Å²) in [7, 11) is -0.466. The lowest BCUT2D eigenvalue weighted by atomic mass is 9.81. The Balaban J connectivity index is 1.71. The molecule has 0 saturated carbocycles. The number of alkyl halides is 1. The molecule has 29 heavy (non-hydrogen) atoms. The number of piperidine rings is 1. The molecule has 7 nitrogen and oxygen atoms in total. The van der Waals surface area contributed by atoms with Crippen LogP contribution in [0.3, 0.4) is 0 Å². The zero-order valence-corrected chi connectivity index (χ0v) is 19.1. The lowest BCUT2D eigenvalue weighted by Gasteiger charge is -2.40. The Morgan fingerprint density at radius 2 is 1.72 bits per heavy atom. The fourth-order valence-electron chi connectivity index (χ4n) is 3.86. The first-order chi connectivity index (χ1) is 13.6. The molecule has 0 N–H and O–H groups in total. The highest BCUT2D eigenvalue weighted by Crippen LogP contribution is 2.36. The summed E-state index contributed by atoms with van der Waals surface area (Å²) in [6, 6.07) is 0.537. The van der Waals surface area contributed by atoms with Crippen molar-refractivity contribution in [3.8, 4) is 0 Å². The van der Waals surface area contributed by atoms with Gasteiger partial charge in [0.15, 0.2) is 0 Å². The Bertz CT molecular complexity index is 705. The maximum absolute atomic E-state index is 11.8. The Morgan fingerprint density at radius 1 is 1.21 bits per heavy atom. The third kappa shape index (κ3) is 4.54. The summed E-state index contributed by atoms with van der Waals surface area (Å²) in [5.41, 5.74) is 0.0300. The maximum Gasteiger partial charge on any atom is 0.498 e. The molecule has 0 radical (unpaired) electrons. The van der Waals surface area contributed by atoms with E-state index < -0.39 is 18.3 Å². The minimum Gasteiger partial charge on any atom is -0.399 e. The van der Waals surface area contributed by atoms with Gasteiger partial charge in [0.1, 0.15) is 5.88 Å². The van der Waals surface area contributed by atoms with Gasteiger partial charge in [-0.2, -0.15) is 0 Å². The van der Waals surface area contributed by atoms with E-state index in [2.05, 4.69) is 28.7 Å². The minimum atomic E-state index is -0.466. The number of anilines is 1. The van der Waals surface area contributed by atoms with Crippen LogP contribution in [0.4, 0.5) is 5.95 Å². The highest BCUT2D eigenvalue weighted by molar-refractivity contribution is 6.61. The standard InChI is InChI=1S/C20H32BClN4O3/c1-14(2)26(16-7-9-25(10-8-16)17(27)11-22)18-23-12-15(13-24-18)21-28-19(3,4)20(5,6)29-21/h12-14,16H,7-11H2,1-6H3. The number of carbonyl (C=O) groups is 1. The molecule has 3 heterocycles. The van der Waals surface area contributed by atoms with E-state index in [9.17, 15) is 4.79 Å². The highest BCUT2D eigenvalue weighted by atomic mass is 35.5. The van der Waals surface area contributed by atoms with Gasteiger partial charge in [0.25, 0.3) is 0 Å². The fraction of sp³-hybridized carbons (Fsp3) is 0.750. The van der Waals surface area contributed by atoms with E-state index >= 15 is 0 Å². The third-order valence-electron chi connectivity index (χ3n) is 6.30. The SMILES string of the molecule is CC(C)N(c1ncc(B2OC(C)(C)C(C)(C)O2)cn1)C1CCN(C(=O)CCl)CC1. The molecule has 0 unspecified atom stereocenters. The second kappa shape index (κ2) is 8.40. The van der Waals surface area contributed by atoms with Gasteiger partial charge in [-0.3, -0.25) is 4.79 Å². The topological polar surface area (TPSA) is 67.8 Å². The smallest absolute Gasteiger partial charge is 0.399 e. The summed E-state index contributed by atoms with van der Waals surface area (Å²) >= 11 is 5.69. The van der Waals surface area contributed by atoms with Crippen LogP contribution in [0, 0.1) is 0 Å². The van der Waals surface area contributed by atoms with Crippen molar-refractivity contribution in [3.63, 3.8) is 0 Å². The van der Waals surface area contributed by atoms with Crippen molar-refractivity contribution in [1.29, 1.82) is 0 Å². The molecule has 160 valence electrons. The maximum atomic E-state index is 11.8. The minimum absolute atomic E-state index is 0.00392. The molecule has 2 aliphatic heterocycles. The molecule has 0 spiro atoms. The molecule has 0 bridgehead atoms. The molecule has 1 amide bonds. The van der Waals surface area contributed by atoms with Crippen LogP contribution in [0.2, 0.25) is 0 Å². The predicted molar refractivity (Wildman–Crippen MR) is 116 cm³/mol. The largest absolute Gasteiger partial charge is 0.498 e. The second-order valence-electron chi connectivity index (χ2n) is 9.15. The van der Waals surface area contributed by atoms with Crippen LogP contribution >= 0.6 is 11.6 Å². The Hall–Kier alpha value is -1.38. The number of hydrogen-bond acceptors (Lipinski definition) is 6. The molecular formula is C20H32BClN4O3. The van der Waals surface area contributed by atoms with Crippen LogP contribution in [0.1, 0.15) is 54.4 Å². The van der Waals surface area contributed by atoms with E-state index in [-0.39, 0.29) is 23.9 Å². The van der Waals surface area contributed by atoms with E-state index in [0.717, 1.165) is 18.3 Å². The summed E-state index contributed by atoms with van der Waals surface area (Å²) in [4.78, 5) is 25.2. The predicted octanol–water partition coefficient (Wildman–Crippen LogP) is 2.22. The first-order valence-electron chi connectivity index (χ1n) is 10.4. The van der Waals surface area contributed by atoms with E-state index in [1.54, 1.807) is 12.4 Å². The molecule has 3 rings (SSSR count). The number of hydrogen-bond donors (Lipinski definition) is 0. The van der Waals surface area contributed by atoms with Gasteiger partial charge in [-0.1, -0.05) is 0 Å². The van der Waals surface area contributed by atoms with Gasteiger partial charge in [0.2, 0.25) is 11.9 Å². The molecule has 2 saturated heterocycles. The molecular weight excluding hydrogens is 391 g/mol. The van der Waals surface area contributed by atoms with Crippen molar-refractivity contribution in [1.82, 2.24) is 14.9 Å². The molecule has 0 aromatic carbocycles. The normalized spacial score (nSPS) is 21.7. The van der Waals surface area contributed by atoms with Gasteiger partial charge in [0, 0.05) is 43.0 Å². The highest BCUT2D eigenvalue weighted by Gasteiger charge is 2.52. The summed E-state index contributed by atoms with van der Waals surface area (Å²) in [5.74, 6) is 0.744. The Morgan fingerprint density at radius 3 is 2.17 bits per heavy atom. The quantitative estimate of drug-likeness (QED) is 0.535. The molecule has 9 heteroatoms. The Kier molecular flexibility index (Phi) is 6.46. The summed E-state index contributed by atoms with van der Waals surface area (Å²) in [6.07, 6.45) is 5.35. The van der Waals surface area contributed by atoms with Gasteiger partial charge in [-0.15, -0.1) is 11.6 Å². The number of likely N-dealkylation sites (tertiary alicyclic amines) is 1. The van der Waals surface area contributed by atoms with E-state index in [1.807, 2.05) is 32.6 Å². The second-order valence-corrected chi connectivity index (χ2v) is 9.42. The molecule has 2 fully saturated rings. The summed E-state index contributed by atoms with van der Waals surface area (Å²) < 4.78 is 12.2. The fourth-order valence-corrected chi connectivity index (χ4v) is 4.03. The van der Waals surface area contributed by atoms with Crippen molar-refractivity contribution in [3.05, 3.63) is 12.4 Å². The van der Waals surface area contributed by atoms with Gasteiger partial charge >= 0.3 is 7.12 Å². The zero-order valence-electron chi connectivity index (χ0n) is 18.3. The molecule has 1 aromatic rings. The number of amides is 1. The lowest BCUT2D eigenvalue weighted by Crippen LogP contribution is -2.50. The van der Waals surface area contributed by atoms with E-state index in [4.69, 9.17) is 20.9 Å². The van der Waals surface area contributed by atoms with Crippen LogP contribution in [0.25, 0.3) is 0 Å². The van der Waals surface area contributed by atoms with Gasteiger partial charge in [-0.25, -0.2) is 9.97 Å². The Labute approximate surface area is 179 Å². The van der Waals surface area contributed by atoms with Crippen molar-refractivity contribution >= 4 is 36.0 Å². The molecule has 0 atom stereocenters. The zero-order chi connectivity index (χ0) is 21.4. The van der Waals surface area contributed by atoms with Gasteiger partial charge in [0.05, 0.1) is 11.2 Å². The van der Waals surface area contributed by atoms with Crippen molar-refractivity contribution in [2.75, 3.05) is 23.9 Å². The molecule has 1 aromatic heterocycles.